The first-order chi connectivity index (χ1) is 5.47. The minimum Gasteiger partial charge on any atom is -0.387 e. The molecule has 0 aromatic rings. The number of hydrogen-bond acceptors (Lipinski definition) is 2. The standard InChI is InChI=1S/C9H14N2/c1-2-4-9-8(3-1)7-10-5-6-11-9/h1-2,4,8,10-11H,3,5-7H2. The Bertz CT molecular complexity index is 194. The highest BCUT2D eigenvalue weighted by Crippen LogP contribution is 2.18. The van der Waals surface area contributed by atoms with E-state index in [0.717, 1.165) is 19.6 Å². The summed E-state index contributed by atoms with van der Waals surface area (Å²) in [7, 11) is 0. The zero-order valence-corrected chi connectivity index (χ0v) is 6.64. The molecule has 0 radical (unpaired) electrons. The van der Waals surface area contributed by atoms with Gasteiger partial charge in [-0.05, 0) is 12.5 Å². The van der Waals surface area contributed by atoms with E-state index in [1.54, 1.807) is 0 Å². The second kappa shape index (κ2) is 3.09. The van der Waals surface area contributed by atoms with E-state index < -0.39 is 0 Å². The molecular formula is C9H14N2. The predicted octanol–water partition coefficient (Wildman–Crippen LogP) is 0.639. The van der Waals surface area contributed by atoms with E-state index in [4.69, 9.17) is 0 Å². The quantitative estimate of drug-likeness (QED) is 0.529. The monoisotopic (exact) mass is 150 g/mol. The summed E-state index contributed by atoms with van der Waals surface area (Å²) < 4.78 is 0. The first-order valence-corrected chi connectivity index (χ1v) is 4.28. The summed E-state index contributed by atoms with van der Waals surface area (Å²) >= 11 is 0. The summed E-state index contributed by atoms with van der Waals surface area (Å²) in [6.07, 6.45) is 7.76. The van der Waals surface area contributed by atoms with Crippen molar-refractivity contribution in [3.05, 3.63) is 23.9 Å². The number of fused-ring (bicyclic) bond motifs is 1. The summed E-state index contributed by atoms with van der Waals surface area (Å²) in [6, 6.07) is 0. The van der Waals surface area contributed by atoms with Gasteiger partial charge in [0.05, 0.1) is 0 Å². The molecule has 60 valence electrons. The van der Waals surface area contributed by atoms with Gasteiger partial charge in [0.15, 0.2) is 0 Å². The lowest BCUT2D eigenvalue weighted by Gasteiger charge is -2.18. The van der Waals surface area contributed by atoms with Crippen molar-refractivity contribution in [2.75, 3.05) is 19.6 Å². The molecule has 2 rings (SSSR count). The van der Waals surface area contributed by atoms with E-state index in [1.165, 1.54) is 12.1 Å². The van der Waals surface area contributed by atoms with Gasteiger partial charge in [0.2, 0.25) is 0 Å². The van der Waals surface area contributed by atoms with Crippen LogP contribution in [0.3, 0.4) is 0 Å². The Kier molecular flexibility index (Phi) is 1.95. The van der Waals surface area contributed by atoms with Crippen LogP contribution in [0.15, 0.2) is 23.9 Å². The van der Waals surface area contributed by atoms with Gasteiger partial charge in [-0.2, -0.15) is 0 Å². The van der Waals surface area contributed by atoms with Gasteiger partial charge in [-0.15, -0.1) is 0 Å². The van der Waals surface area contributed by atoms with Crippen LogP contribution in [0.5, 0.6) is 0 Å². The van der Waals surface area contributed by atoms with Gasteiger partial charge >= 0.3 is 0 Å². The van der Waals surface area contributed by atoms with Crippen LogP contribution in [0.2, 0.25) is 0 Å². The molecule has 0 bridgehead atoms. The fraction of sp³-hybridized carbons (Fsp3) is 0.556. The lowest BCUT2D eigenvalue weighted by Crippen LogP contribution is -2.22. The van der Waals surface area contributed by atoms with E-state index >= 15 is 0 Å². The van der Waals surface area contributed by atoms with Gasteiger partial charge in [-0.3, -0.25) is 0 Å². The molecule has 1 atom stereocenters. The van der Waals surface area contributed by atoms with Crippen molar-refractivity contribution in [1.82, 2.24) is 10.6 Å². The summed E-state index contributed by atoms with van der Waals surface area (Å²) in [5.41, 5.74) is 1.41. The average Bonchev–Trinajstić information content (AvgIpc) is 2.28. The SMILES string of the molecule is C1=CCC2CNCCNC2=C1. The maximum atomic E-state index is 3.43. The maximum Gasteiger partial charge on any atom is 0.0269 e. The Morgan fingerprint density at radius 3 is 3.36 bits per heavy atom. The molecule has 2 heteroatoms. The predicted molar refractivity (Wildman–Crippen MR) is 46.2 cm³/mol. The van der Waals surface area contributed by atoms with Gasteiger partial charge < -0.3 is 10.6 Å². The van der Waals surface area contributed by atoms with Crippen LogP contribution >= 0.6 is 0 Å². The molecule has 1 saturated heterocycles. The van der Waals surface area contributed by atoms with Gasteiger partial charge in [-0.25, -0.2) is 0 Å². The highest BCUT2D eigenvalue weighted by atomic mass is 15.0. The molecule has 0 saturated carbocycles. The summed E-state index contributed by atoms with van der Waals surface area (Å²) in [4.78, 5) is 0. The van der Waals surface area contributed by atoms with Gasteiger partial charge in [0.1, 0.15) is 0 Å². The zero-order chi connectivity index (χ0) is 7.52. The van der Waals surface area contributed by atoms with Crippen molar-refractivity contribution >= 4 is 0 Å². The van der Waals surface area contributed by atoms with E-state index in [0.29, 0.717) is 5.92 Å². The number of nitrogens with one attached hydrogen (secondary N) is 2. The van der Waals surface area contributed by atoms with Crippen LogP contribution < -0.4 is 10.6 Å². The fourth-order valence-corrected chi connectivity index (χ4v) is 1.65. The normalized spacial score (nSPS) is 29.8. The zero-order valence-electron chi connectivity index (χ0n) is 6.64. The molecule has 1 fully saturated rings. The van der Waals surface area contributed by atoms with Gasteiger partial charge in [-0.1, -0.05) is 12.2 Å². The molecule has 1 aliphatic carbocycles. The van der Waals surface area contributed by atoms with Crippen LogP contribution in [-0.4, -0.2) is 19.6 Å². The summed E-state index contributed by atoms with van der Waals surface area (Å²) in [5, 5.41) is 6.84. The average molecular weight is 150 g/mol. The van der Waals surface area contributed by atoms with Crippen molar-refractivity contribution in [3.63, 3.8) is 0 Å². The van der Waals surface area contributed by atoms with Crippen molar-refractivity contribution in [3.8, 4) is 0 Å². The molecule has 0 spiro atoms. The third-order valence-corrected chi connectivity index (χ3v) is 2.29. The molecule has 0 aromatic heterocycles. The number of hydrogen-bond donors (Lipinski definition) is 2. The number of rotatable bonds is 0. The van der Waals surface area contributed by atoms with Crippen LogP contribution in [0.1, 0.15) is 6.42 Å². The Morgan fingerprint density at radius 2 is 2.36 bits per heavy atom. The van der Waals surface area contributed by atoms with Gasteiger partial charge in [0, 0.05) is 31.2 Å². The second-order valence-corrected chi connectivity index (χ2v) is 3.11. The summed E-state index contributed by atoms with van der Waals surface area (Å²) in [6.45, 7) is 3.28. The third-order valence-electron chi connectivity index (χ3n) is 2.29. The van der Waals surface area contributed by atoms with Crippen molar-refractivity contribution in [2.24, 2.45) is 5.92 Å². The molecule has 0 amide bonds. The Hall–Kier alpha value is -0.760. The van der Waals surface area contributed by atoms with Crippen LogP contribution in [-0.2, 0) is 0 Å². The minimum absolute atomic E-state index is 0.697. The Labute approximate surface area is 67.4 Å². The summed E-state index contributed by atoms with van der Waals surface area (Å²) in [5.74, 6) is 0.697. The van der Waals surface area contributed by atoms with Crippen LogP contribution in [0, 0.1) is 5.92 Å². The van der Waals surface area contributed by atoms with Crippen molar-refractivity contribution in [2.45, 2.75) is 6.42 Å². The van der Waals surface area contributed by atoms with E-state index in [9.17, 15) is 0 Å². The second-order valence-electron chi connectivity index (χ2n) is 3.11. The van der Waals surface area contributed by atoms with Crippen molar-refractivity contribution in [1.29, 1.82) is 0 Å². The molecule has 1 aliphatic heterocycles. The molecule has 1 unspecified atom stereocenters. The Morgan fingerprint density at radius 1 is 1.36 bits per heavy atom. The lowest BCUT2D eigenvalue weighted by molar-refractivity contribution is 0.563. The highest BCUT2D eigenvalue weighted by Gasteiger charge is 2.16. The lowest BCUT2D eigenvalue weighted by atomic mass is 9.97. The van der Waals surface area contributed by atoms with Crippen LogP contribution in [0.4, 0.5) is 0 Å². The van der Waals surface area contributed by atoms with Gasteiger partial charge in [0.25, 0.3) is 0 Å². The molecule has 2 nitrogen and oxygen atoms in total. The third kappa shape index (κ3) is 1.46. The maximum absolute atomic E-state index is 3.43. The first kappa shape index (κ1) is 6.92. The molecule has 2 N–H and O–H groups in total. The van der Waals surface area contributed by atoms with Crippen LogP contribution in [0.25, 0.3) is 0 Å². The topological polar surface area (TPSA) is 24.1 Å². The van der Waals surface area contributed by atoms with E-state index in [1.807, 2.05) is 0 Å². The highest BCUT2D eigenvalue weighted by molar-refractivity contribution is 5.20. The van der Waals surface area contributed by atoms with E-state index in [2.05, 4.69) is 28.9 Å². The largest absolute Gasteiger partial charge is 0.387 e. The fourth-order valence-electron chi connectivity index (χ4n) is 1.65. The molecule has 2 aliphatic rings. The minimum atomic E-state index is 0.697. The molecule has 0 aromatic carbocycles. The Balaban J connectivity index is 2.11. The molecule has 1 heterocycles. The van der Waals surface area contributed by atoms with Crippen molar-refractivity contribution < 1.29 is 0 Å². The number of allylic oxidation sites excluding steroid dienone is 3. The molecular weight excluding hydrogens is 136 g/mol. The smallest absolute Gasteiger partial charge is 0.0269 e. The van der Waals surface area contributed by atoms with E-state index in [-0.39, 0.29) is 0 Å². The first-order valence-electron chi connectivity index (χ1n) is 4.28. The molecule has 11 heavy (non-hydrogen) atoms.